The molecular weight excluding hydrogens is 262 g/mol. The summed E-state index contributed by atoms with van der Waals surface area (Å²) in [7, 11) is 1.64. The number of carbonyl (C=O) groups excluding carboxylic acids is 2. The summed E-state index contributed by atoms with van der Waals surface area (Å²) in [6.07, 6.45) is 5.73. The molecule has 8 nitrogen and oxygen atoms in total. The van der Waals surface area contributed by atoms with Crippen LogP contribution in [0.5, 0.6) is 0 Å². The zero-order valence-electron chi connectivity index (χ0n) is 11.0. The Morgan fingerprint density at radius 2 is 2.20 bits per heavy atom. The summed E-state index contributed by atoms with van der Waals surface area (Å²) >= 11 is 0. The second-order valence-corrected chi connectivity index (χ2v) is 3.83. The van der Waals surface area contributed by atoms with Gasteiger partial charge in [-0.2, -0.15) is 0 Å². The van der Waals surface area contributed by atoms with Gasteiger partial charge in [-0.15, -0.1) is 0 Å². The van der Waals surface area contributed by atoms with E-state index in [2.05, 4.69) is 20.3 Å². The normalized spacial score (nSPS) is 10.1. The van der Waals surface area contributed by atoms with E-state index in [0.717, 1.165) is 0 Å². The monoisotopic (exact) mass is 275 g/mol. The number of anilines is 1. The van der Waals surface area contributed by atoms with Crippen LogP contribution in [0.2, 0.25) is 0 Å². The smallest absolute Gasteiger partial charge is 0.374 e. The molecule has 0 bridgehead atoms. The molecule has 0 radical (unpaired) electrons. The molecule has 0 aromatic carbocycles. The highest BCUT2D eigenvalue weighted by Crippen LogP contribution is 2.09. The van der Waals surface area contributed by atoms with Gasteiger partial charge in [-0.25, -0.2) is 14.8 Å². The van der Waals surface area contributed by atoms with E-state index in [9.17, 15) is 9.59 Å². The van der Waals surface area contributed by atoms with Gasteiger partial charge in [0.05, 0.1) is 12.8 Å². The molecule has 1 N–H and O–H groups in total. The number of imidazole rings is 1. The molecule has 0 saturated heterocycles. The number of hydrogen-bond acceptors (Lipinski definition) is 6. The van der Waals surface area contributed by atoms with Crippen molar-refractivity contribution in [3.63, 3.8) is 0 Å². The highest BCUT2D eigenvalue weighted by atomic mass is 16.5. The number of carbonyl (C=O) groups is 2. The Kier molecular flexibility index (Phi) is 4.04. The molecule has 2 heterocycles. The molecule has 8 heteroatoms. The van der Waals surface area contributed by atoms with Crippen LogP contribution in [-0.4, -0.2) is 38.0 Å². The molecule has 0 fully saturated rings. The van der Waals surface area contributed by atoms with Gasteiger partial charge in [0, 0.05) is 25.6 Å². The summed E-state index contributed by atoms with van der Waals surface area (Å²) in [5.41, 5.74) is 0.163. The summed E-state index contributed by atoms with van der Waals surface area (Å²) in [6, 6.07) is 0. The minimum atomic E-state index is -0.546. The predicted molar refractivity (Wildman–Crippen MR) is 69.1 cm³/mol. The van der Waals surface area contributed by atoms with E-state index in [4.69, 9.17) is 4.74 Å². The molecule has 2 aromatic heterocycles. The van der Waals surface area contributed by atoms with Crippen LogP contribution < -0.4 is 5.32 Å². The van der Waals surface area contributed by atoms with E-state index in [1.807, 2.05) is 0 Å². The van der Waals surface area contributed by atoms with Crippen molar-refractivity contribution < 1.29 is 14.3 Å². The standard InChI is InChI=1S/C12H13N5O3/c1-3-20-12(19)10-15-9(7-17(10)2)16-11(18)8-6-13-4-5-14-8/h4-7H,3H2,1-2H3,(H,16,18). The van der Waals surface area contributed by atoms with Crippen molar-refractivity contribution in [1.82, 2.24) is 19.5 Å². The molecule has 104 valence electrons. The number of esters is 1. The first-order valence-electron chi connectivity index (χ1n) is 5.89. The number of rotatable bonds is 4. The van der Waals surface area contributed by atoms with Crippen LogP contribution in [0.1, 0.15) is 28.0 Å². The lowest BCUT2D eigenvalue weighted by atomic mass is 10.4. The van der Waals surface area contributed by atoms with E-state index >= 15 is 0 Å². The topological polar surface area (TPSA) is 99.0 Å². The predicted octanol–water partition coefficient (Wildman–Crippen LogP) is 0.639. The third-order valence-electron chi connectivity index (χ3n) is 2.37. The summed E-state index contributed by atoms with van der Waals surface area (Å²) in [4.78, 5) is 35.1. The van der Waals surface area contributed by atoms with Crippen molar-refractivity contribution in [1.29, 1.82) is 0 Å². The molecule has 1 amide bonds. The Morgan fingerprint density at radius 3 is 2.85 bits per heavy atom. The van der Waals surface area contributed by atoms with Crippen LogP contribution in [0.15, 0.2) is 24.8 Å². The van der Waals surface area contributed by atoms with E-state index < -0.39 is 11.9 Å². The van der Waals surface area contributed by atoms with Gasteiger partial charge in [-0.3, -0.25) is 9.78 Å². The third kappa shape index (κ3) is 2.97. The van der Waals surface area contributed by atoms with E-state index in [-0.39, 0.29) is 23.9 Å². The second-order valence-electron chi connectivity index (χ2n) is 3.83. The van der Waals surface area contributed by atoms with Gasteiger partial charge in [0.15, 0.2) is 5.82 Å². The minimum absolute atomic E-state index is 0.112. The van der Waals surface area contributed by atoms with Crippen LogP contribution in [0.25, 0.3) is 0 Å². The van der Waals surface area contributed by atoms with Crippen molar-refractivity contribution in [2.75, 3.05) is 11.9 Å². The number of aromatic nitrogens is 4. The fourth-order valence-electron chi connectivity index (χ4n) is 1.51. The van der Waals surface area contributed by atoms with Crippen molar-refractivity contribution in [2.24, 2.45) is 7.05 Å². The van der Waals surface area contributed by atoms with Gasteiger partial charge in [-0.05, 0) is 6.92 Å². The maximum atomic E-state index is 11.9. The van der Waals surface area contributed by atoms with E-state index in [1.165, 1.54) is 29.4 Å². The number of amides is 1. The lowest BCUT2D eigenvalue weighted by molar-refractivity contribution is 0.0508. The first-order valence-corrected chi connectivity index (χ1v) is 5.89. The Hall–Kier alpha value is -2.77. The SMILES string of the molecule is CCOC(=O)c1nc(NC(=O)c2cnccn2)cn1C. The van der Waals surface area contributed by atoms with Gasteiger partial charge in [0.2, 0.25) is 5.82 Å². The Morgan fingerprint density at radius 1 is 1.40 bits per heavy atom. The van der Waals surface area contributed by atoms with Crippen LogP contribution in [0, 0.1) is 0 Å². The third-order valence-corrected chi connectivity index (χ3v) is 2.37. The van der Waals surface area contributed by atoms with Crippen molar-refractivity contribution in [3.8, 4) is 0 Å². The van der Waals surface area contributed by atoms with Crippen molar-refractivity contribution >= 4 is 17.7 Å². The summed E-state index contributed by atoms with van der Waals surface area (Å²) in [6.45, 7) is 1.96. The van der Waals surface area contributed by atoms with Crippen LogP contribution in [0.4, 0.5) is 5.82 Å². The van der Waals surface area contributed by atoms with E-state index in [1.54, 1.807) is 14.0 Å². The molecule has 0 aliphatic carbocycles. The highest BCUT2D eigenvalue weighted by Gasteiger charge is 2.16. The fraction of sp³-hybridized carbons (Fsp3) is 0.250. The molecule has 2 rings (SSSR count). The average molecular weight is 275 g/mol. The van der Waals surface area contributed by atoms with Crippen molar-refractivity contribution in [3.05, 3.63) is 36.3 Å². The molecule has 20 heavy (non-hydrogen) atoms. The van der Waals surface area contributed by atoms with E-state index in [0.29, 0.717) is 0 Å². The van der Waals surface area contributed by atoms with Crippen LogP contribution in [0.3, 0.4) is 0 Å². The number of nitrogens with zero attached hydrogens (tertiary/aromatic N) is 4. The highest BCUT2D eigenvalue weighted by molar-refractivity contribution is 6.02. The fourth-order valence-corrected chi connectivity index (χ4v) is 1.51. The van der Waals surface area contributed by atoms with Gasteiger partial charge < -0.3 is 14.6 Å². The van der Waals surface area contributed by atoms with Crippen LogP contribution >= 0.6 is 0 Å². The Balaban J connectivity index is 2.13. The molecule has 0 spiro atoms. The largest absolute Gasteiger partial charge is 0.460 e. The summed E-state index contributed by atoms with van der Waals surface area (Å²) in [5.74, 6) is -0.644. The Bertz CT molecular complexity index is 623. The number of nitrogens with one attached hydrogen (secondary N) is 1. The number of aryl methyl sites for hydroxylation is 1. The maximum absolute atomic E-state index is 11.9. The molecule has 0 aliphatic heterocycles. The minimum Gasteiger partial charge on any atom is -0.460 e. The molecule has 0 saturated carbocycles. The van der Waals surface area contributed by atoms with Crippen LogP contribution in [-0.2, 0) is 11.8 Å². The van der Waals surface area contributed by atoms with Gasteiger partial charge in [0.25, 0.3) is 5.91 Å². The van der Waals surface area contributed by atoms with Crippen molar-refractivity contribution in [2.45, 2.75) is 6.92 Å². The first-order chi connectivity index (χ1) is 9.61. The maximum Gasteiger partial charge on any atom is 0.374 e. The zero-order valence-corrected chi connectivity index (χ0v) is 11.0. The number of ether oxygens (including phenoxy) is 1. The quantitative estimate of drug-likeness (QED) is 0.822. The molecule has 0 atom stereocenters. The van der Waals surface area contributed by atoms with Gasteiger partial charge in [-0.1, -0.05) is 0 Å². The summed E-state index contributed by atoms with van der Waals surface area (Å²) < 4.78 is 6.33. The second kappa shape index (κ2) is 5.91. The molecule has 0 aliphatic rings. The Labute approximate surface area is 114 Å². The zero-order chi connectivity index (χ0) is 14.5. The first kappa shape index (κ1) is 13.7. The molecular formula is C12H13N5O3. The average Bonchev–Trinajstić information content (AvgIpc) is 2.81. The molecule has 2 aromatic rings. The molecule has 0 unspecified atom stereocenters. The van der Waals surface area contributed by atoms with Gasteiger partial charge >= 0.3 is 5.97 Å². The van der Waals surface area contributed by atoms with Gasteiger partial charge in [0.1, 0.15) is 5.69 Å². The lowest BCUT2D eigenvalue weighted by Gasteiger charge is -2.00. The lowest BCUT2D eigenvalue weighted by Crippen LogP contribution is -2.14. The summed E-state index contributed by atoms with van der Waals surface area (Å²) in [5, 5.41) is 2.54. The number of hydrogen-bond donors (Lipinski definition) is 1.